The molecular formula is C20H20N4O4. The first-order valence-corrected chi connectivity index (χ1v) is 8.99. The minimum absolute atomic E-state index is 0.267. The molecule has 3 aromatic rings. The molecular weight excluding hydrogens is 360 g/mol. The molecule has 28 heavy (non-hydrogen) atoms. The van der Waals surface area contributed by atoms with Crippen LogP contribution in [0.25, 0.3) is 11.7 Å². The quantitative estimate of drug-likeness (QED) is 0.697. The maximum atomic E-state index is 9.39. The molecule has 8 heteroatoms. The highest BCUT2D eigenvalue weighted by atomic mass is 16.5. The predicted octanol–water partition coefficient (Wildman–Crippen LogP) is 2.80. The highest BCUT2D eigenvalue weighted by molar-refractivity contribution is 5.56. The van der Waals surface area contributed by atoms with Gasteiger partial charge in [-0.05, 0) is 36.4 Å². The van der Waals surface area contributed by atoms with E-state index in [2.05, 4.69) is 16.4 Å². The van der Waals surface area contributed by atoms with Crippen LogP contribution in [0.3, 0.4) is 0 Å². The number of hydrogen-bond acceptors (Lipinski definition) is 8. The third-order valence-electron chi connectivity index (χ3n) is 4.43. The predicted molar refractivity (Wildman–Crippen MR) is 101 cm³/mol. The van der Waals surface area contributed by atoms with Gasteiger partial charge in [-0.3, -0.25) is 0 Å². The molecule has 0 bridgehead atoms. The summed E-state index contributed by atoms with van der Waals surface area (Å²) in [5.74, 6) is 3.36. The lowest BCUT2D eigenvalue weighted by Gasteiger charge is -2.26. The molecule has 1 saturated heterocycles. The van der Waals surface area contributed by atoms with Crippen LogP contribution in [0.4, 0.5) is 5.88 Å². The second-order valence-corrected chi connectivity index (χ2v) is 6.25. The molecule has 8 nitrogen and oxygen atoms in total. The second kappa shape index (κ2) is 8.06. The Hall–Kier alpha value is -3.44. The molecule has 144 valence electrons. The van der Waals surface area contributed by atoms with Gasteiger partial charge in [-0.2, -0.15) is 10.2 Å². The van der Waals surface area contributed by atoms with Crippen LogP contribution in [0, 0.1) is 11.3 Å². The number of hydrogen-bond donors (Lipinski definition) is 1. The van der Waals surface area contributed by atoms with Gasteiger partial charge in [0.15, 0.2) is 5.76 Å². The highest BCUT2D eigenvalue weighted by Crippen LogP contribution is 2.30. The number of nitrogens with one attached hydrogen (secondary N) is 1. The molecule has 0 unspecified atom stereocenters. The van der Waals surface area contributed by atoms with Crippen molar-refractivity contribution in [3.05, 3.63) is 47.9 Å². The summed E-state index contributed by atoms with van der Waals surface area (Å²) in [6, 6.07) is 13.0. The zero-order valence-electron chi connectivity index (χ0n) is 15.5. The van der Waals surface area contributed by atoms with Gasteiger partial charge in [0.25, 0.3) is 5.89 Å². The van der Waals surface area contributed by atoms with Gasteiger partial charge in [0, 0.05) is 26.2 Å². The number of benzene rings is 1. The van der Waals surface area contributed by atoms with Crippen molar-refractivity contribution in [3.8, 4) is 29.2 Å². The van der Waals surface area contributed by atoms with Crippen molar-refractivity contribution in [1.29, 1.82) is 5.26 Å². The molecule has 1 N–H and O–H groups in total. The van der Waals surface area contributed by atoms with Gasteiger partial charge in [-0.15, -0.1) is 0 Å². The summed E-state index contributed by atoms with van der Waals surface area (Å²) in [5, 5.41) is 12.7. The molecule has 3 heterocycles. The second-order valence-electron chi connectivity index (χ2n) is 6.25. The molecule has 0 amide bonds. The van der Waals surface area contributed by atoms with E-state index in [-0.39, 0.29) is 12.3 Å². The van der Waals surface area contributed by atoms with Crippen molar-refractivity contribution in [2.45, 2.75) is 6.61 Å². The van der Waals surface area contributed by atoms with E-state index < -0.39 is 0 Å². The van der Waals surface area contributed by atoms with Gasteiger partial charge in [-0.25, -0.2) is 0 Å². The van der Waals surface area contributed by atoms with E-state index in [0.29, 0.717) is 29.0 Å². The third kappa shape index (κ3) is 3.80. The summed E-state index contributed by atoms with van der Waals surface area (Å²) in [4.78, 5) is 6.30. The molecule has 1 aromatic carbocycles. The van der Waals surface area contributed by atoms with Gasteiger partial charge in [0.2, 0.25) is 11.6 Å². The number of anilines is 1. The summed E-state index contributed by atoms with van der Waals surface area (Å²) in [7, 11) is 1.62. The fourth-order valence-electron chi connectivity index (χ4n) is 2.97. The van der Waals surface area contributed by atoms with E-state index in [9.17, 15) is 5.26 Å². The van der Waals surface area contributed by atoms with Crippen molar-refractivity contribution in [3.63, 3.8) is 0 Å². The summed E-state index contributed by atoms with van der Waals surface area (Å²) in [5.41, 5.74) is 0.268. The summed E-state index contributed by atoms with van der Waals surface area (Å²) < 4.78 is 22.5. The molecule has 0 aliphatic carbocycles. The topological polar surface area (TPSA) is 96.7 Å². The Morgan fingerprint density at radius 3 is 2.57 bits per heavy atom. The fraction of sp³-hybridized carbons (Fsp3) is 0.300. The summed E-state index contributed by atoms with van der Waals surface area (Å²) in [6.45, 7) is 3.48. The van der Waals surface area contributed by atoms with Crippen LogP contribution in [0.15, 0.2) is 45.2 Å². The van der Waals surface area contributed by atoms with E-state index in [4.69, 9.17) is 18.3 Å². The Bertz CT molecular complexity index is 965. The lowest BCUT2D eigenvalue weighted by atomic mass is 10.3. The molecule has 1 aliphatic heterocycles. The Morgan fingerprint density at radius 1 is 1.11 bits per heavy atom. The lowest BCUT2D eigenvalue weighted by molar-refractivity contribution is 0.270. The van der Waals surface area contributed by atoms with E-state index in [1.54, 1.807) is 19.2 Å². The van der Waals surface area contributed by atoms with E-state index in [1.165, 1.54) is 0 Å². The van der Waals surface area contributed by atoms with Crippen molar-refractivity contribution >= 4 is 5.88 Å². The van der Waals surface area contributed by atoms with Crippen molar-refractivity contribution < 1.29 is 18.3 Å². The van der Waals surface area contributed by atoms with Crippen molar-refractivity contribution in [1.82, 2.24) is 10.3 Å². The SMILES string of the molecule is COc1ccc(OCc2ccc(-c3nc(C#N)c(N4CCNCC4)o3)o2)cc1. The van der Waals surface area contributed by atoms with Crippen LogP contribution in [0.5, 0.6) is 11.5 Å². The molecule has 2 aromatic heterocycles. The van der Waals surface area contributed by atoms with Gasteiger partial charge in [0.05, 0.1) is 7.11 Å². The van der Waals surface area contributed by atoms with Crippen LogP contribution in [-0.2, 0) is 6.61 Å². The summed E-state index contributed by atoms with van der Waals surface area (Å²) >= 11 is 0. The highest BCUT2D eigenvalue weighted by Gasteiger charge is 2.23. The van der Waals surface area contributed by atoms with E-state index in [0.717, 1.165) is 31.9 Å². The van der Waals surface area contributed by atoms with Crippen molar-refractivity contribution in [2.24, 2.45) is 0 Å². The molecule has 4 rings (SSSR count). The molecule has 0 saturated carbocycles. The largest absolute Gasteiger partial charge is 0.497 e. The van der Waals surface area contributed by atoms with Crippen LogP contribution < -0.4 is 19.7 Å². The number of ether oxygens (including phenoxy) is 2. The standard InChI is InChI=1S/C20H20N4O4/c1-25-14-2-4-15(5-3-14)26-13-16-6-7-18(27-16)19-23-17(12-21)20(28-19)24-10-8-22-9-11-24/h2-7,22H,8-11,13H2,1H3. The molecule has 0 spiro atoms. The minimum atomic E-state index is 0.267. The lowest BCUT2D eigenvalue weighted by Crippen LogP contribution is -2.43. The zero-order chi connectivity index (χ0) is 19.3. The molecule has 1 aliphatic rings. The number of rotatable bonds is 6. The number of nitriles is 1. The zero-order valence-corrected chi connectivity index (χ0v) is 15.5. The van der Waals surface area contributed by atoms with Crippen LogP contribution in [0.1, 0.15) is 11.5 Å². The maximum absolute atomic E-state index is 9.39. The first kappa shape index (κ1) is 17.9. The fourth-order valence-corrected chi connectivity index (χ4v) is 2.97. The number of furan rings is 1. The van der Waals surface area contributed by atoms with E-state index >= 15 is 0 Å². The van der Waals surface area contributed by atoms with Crippen molar-refractivity contribution in [2.75, 3.05) is 38.2 Å². The first-order valence-electron chi connectivity index (χ1n) is 8.99. The maximum Gasteiger partial charge on any atom is 0.266 e. The van der Waals surface area contributed by atoms with Gasteiger partial charge in [0.1, 0.15) is 29.9 Å². The van der Waals surface area contributed by atoms with Crippen LogP contribution >= 0.6 is 0 Å². The minimum Gasteiger partial charge on any atom is -0.497 e. The van der Waals surface area contributed by atoms with Gasteiger partial charge >= 0.3 is 0 Å². The van der Waals surface area contributed by atoms with E-state index in [1.807, 2.05) is 29.2 Å². The average molecular weight is 380 g/mol. The van der Waals surface area contributed by atoms with Crippen LogP contribution in [0.2, 0.25) is 0 Å². The number of oxazole rings is 1. The monoisotopic (exact) mass is 380 g/mol. The Labute approximate surface area is 162 Å². The third-order valence-corrected chi connectivity index (χ3v) is 4.43. The van der Waals surface area contributed by atoms with Gasteiger partial charge < -0.3 is 28.5 Å². The molecule has 1 fully saturated rings. The molecule has 0 atom stereocenters. The number of piperazine rings is 1. The number of methoxy groups -OCH3 is 1. The summed E-state index contributed by atoms with van der Waals surface area (Å²) in [6.07, 6.45) is 0. The normalized spacial score (nSPS) is 13.9. The average Bonchev–Trinajstić information content (AvgIpc) is 3.40. The smallest absolute Gasteiger partial charge is 0.266 e. The first-order chi connectivity index (χ1) is 13.8. The number of aromatic nitrogens is 1. The molecule has 0 radical (unpaired) electrons. The Balaban J connectivity index is 1.46. The van der Waals surface area contributed by atoms with Gasteiger partial charge in [-0.1, -0.05) is 0 Å². The Kier molecular flexibility index (Phi) is 5.17. The Morgan fingerprint density at radius 2 is 1.86 bits per heavy atom. The number of nitrogens with zero attached hydrogens (tertiary/aromatic N) is 3. The van der Waals surface area contributed by atoms with Crippen LogP contribution in [-0.4, -0.2) is 38.3 Å².